The van der Waals surface area contributed by atoms with E-state index in [9.17, 15) is 14.7 Å². The summed E-state index contributed by atoms with van der Waals surface area (Å²) in [5.74, 6) is -0.176. The van der Waals surface area contributed by atoms with Gasteiger partial charge in [0, 0.05) is 6.42 Å². The van der Waals surface area contributed by atoms with Crippen LogP contribution in [0.4, 0.5) is 0 Å². The molecule has 0 aliphatic heterocycles. The van der Waals surface area contributed by atoms with Gasteiger partial charge in [0.15, 0.2) is 0 Å². The molecule has 2 aromatic rings. The number of hydrogen-bond acceptors (Lipinski definition) is 4. The van der Waals surface area contributed by atoms with Crippen LogP contribution in [-0.2, 0) is 11.2 Å². The highest BCUT2D eigenvalue weighted by Crippen LogP contribution is 2.20. The lowest BCUT2D eigenvalue weighted by molar-refractivity contribution is -0.116. The summed E-state index contributed by atoms with van der Waals surface area (Å²) in [6.45, 7) is 1.56. The number of benzene rings is 2. The van der Waals surface area contributed by atoms with Crippen LogP contribution < -0.4 is 4.74 Å². The summed E-state index contributed by atoms with van der Waals surface area (Å²) >= 11 is 0. The molecule has 0 amide bonds. The molecule has 0 saturated heterocycles. The predicted molar refractivity (Wildman–Crippen MR) is 78.5 cm³/mol. The molecule has 0 unspecified atom stereocenters. The fourth-order valence-corrected chi connectivity index (χ4v) is 1.85. The van der Waals surface area contributed by atoms with Crippen LogP contribution in [0.15, 0.2) is 48.5 Å². The van der Waals surface area contributed by atoms with Crippen molar-refractivity contribution in [1.29, 1.82) is 0 Å². The van der Waals surface area contributed by atoms with E-state index in [0.29, 0.717) is 18.6 Å². The highest BCUT2D eigenvalue weighted by molar-refractivity contribution is 5.93. The van der Waals surface area contributed by atoms with E-state index in [-0.39, 0.29) is 17.1 Å². The molecule has 21 heavy (non-hydrogen) atoms. The Labute approximate surface area is 123 Å². The quantitative estimate of drug-likeness (QED) is 0.676. The number of ketones is 1. The van der Waals surface area contributed by atoms with Gasteiger partial charge in [-0.3, -0.25) is 0 Å². The summed E-state index contributed by atoms with van der Waals surface area (Å²) in [6.07, 6.45) is 1.17. The molecule has 108 valence electrons. The minimum atomic E-state index is -0.607. The SMILES string of the molecule is CC(=O)CCc1ccc(OC(=O)c2ccccc2O)cc1. The maximum atomic E-state index is 11.9. The van der Waals surface area contributed by atoms with Gasteiger partial charge in [-0.25, -0.2) is 4.79 Å². The van der Waals surface area contributed by atoms with Crippen molar-refractivity contribution in [2.24, 2.45) is 0 Å². The molecular weight excluding hydrogens is 268 g/mol. The normalized spacial score (nSPS) is 10.1. The van der Waals surface area contributed by atoms with Gasteiger partial charge in [-0.1, -0.05) is 24.3 Å². The Morgan fingerprint density at radius 2 is 1.71 bits per heavy atom. The van der Waals surface area contributed by atoms with E-state index in [0.717, 1.165) is 5.56 Å². The van der Waals surface area contributed by atoms with E-state index in [2.05, 4.69) is 0 Å². The highest BCUT2D eigenvalue weighted by Gasteiger charge is 2.12. The average molecular weight is 284 g/mol. The van der Waals surface area contributed by atoms with E-state index < -0.39 is 5.97 Å². The summed E-state index contributed by atoms with van der Waals surface area (Å²) in [7, 11) is 0. The minimum Gasteiger partial charge on any atom is -0.507 e. The topological polar surface area (TPSA) is 63.6 Å². The van der Waals surface area contributed by atoms with Gasteiger partial charge in [-0.2, -0.15) is 0 Å². The molecular formula is C17H16O4. The van der Waals surface area contributed by atoms with Crippen molar-refractivity contribution in [1.82, 2.24) is 0 Å². The van der Waals surface area contributed by atoms with Gasteiger partial charge < -0.3 is 14.6 Å². The Morgan fingerprint density at radius 3 is 2.33 bits per heavy atom. The van der Waals surface area contributed by atoms with Gasteiger partial charge in [0.25, 0.3) is 0 Å². The smallest absolute Gasteiger partial charge is 0.347 e. The summed E-state index contributed by atoms with van der Waals surface area (Å²) in [4.78, 5) is 22.8. The van der Waals surface area contributed by atoms with E-state index in [1.54, 1.807) is 31.2 Å². The molecule has 0 atom stereocenters. The van der Waals surface area contributed by atoms with Crippen LogP contribution in [0.5, 0.6) is 11.5 Å². The first-order valence-corrected chi connectivity index (χ1v) is 6.65. The third kappa shape index (κ3) is 4.18. The number of hydrogen-bond donors (Lipinski definition) is 1. The minimum absolute atomic E-state index is 0.111. The van der Waals surface area contributed by atoms with Gasteiger partial charge in [0.1, 0.15) is 22.8 Å². The predicted octanol–water partition coefficient (Wildman–Crippen LogP) is 3.13. The molecule has 4 nitrogen and oxygen atoms in total. The van der Waals surface area contributed by atoms with Crippen LogP contribution in [0, 0.1) is 0 Å². The van der Waals surface area contributed by atoms with Crippen molar-refractivity contribution in [3.8, 4) is 11.5 Å². The Morgan fingerprint density at radius 1 is 1.05 bits per heavy atom. The second-order valence-electron chi connectivity index (χ2n) is 4.75. The molecule has 0 aromatic heterocycles. The summed E-state index contributed by atoms with van der Waals surface area (Å²) in [5.41, 5.74) is 1.13. The Kier molecular flexibility index (Phi) is 4.72. The van der Waals surface area contributed by atoms with E-state index in [1.807, 2.05) is 12.1 Å². The number of para-hydroxylation sites is 1. The monoisotopic (exact) mass is 284 g/mol. The summed E-state index contributed by atoms with van der Waals surface area (Å²) in [6, 6.07) is 13.2. The first kappa shape index (κ1) is 14.8. The van der Waals surface area contributed by atoms with Gasteiger partial charge in [0.05, 0.1) is 0 Å². The molecule has 0 aliphatic carbocycles. The van der Waals surface area contributed by atoms with E-state index in [4.69, 9.17) is 4.74 Å². The first-order valence-electron chi connectivity index (χ1n) is 6.65. The molecule has 0 saturated carbocycles. The number of phenols is 1. The molecule has 1 N–H and O–H groups in total. The van der Waals surface area contributed by atoms with Crippen LogP contribution in [-0.4, -0.2) is 16.9 Å². The van der Waals surface area contributed by atoms with Gasteiger partial charge in [-0.15, -0.1) is 0 Å². The summed E-state index contributed by atoms with van der Waals surface area (Å²) in [5, 5.41) is 9.59. The number of carbonyl (C=O) groups excluding carboxylic acids is 2. The number of carbonyl (C=O) groups is 2. The van der Waals surface area contributed by atoms with E-state index >= 15 is 0 Å². The molecule has 2 aromatic carbocycles. The third-order valence-electron chi connectivity index (χ3n) is 3.02. The number of esters is 1. The summed E-state index contributed by atoms with van der Waals surface area (Å²) < 4.78 is 5.20. The van der Waals surface area contributed by atoms with Crippen molar-refractivity contribution >= 4 is 11.8 Å². The number of rotatable bonds is 5. The molecule has 0 aliphatic rings. The van der Waals surface area contributed by atoms with Gasteiger partial charge in [-0.05, 0) is 43.2 Å². The van der Waals surface area contributed by atoms with Crippen molar-refractivity contribution < 1.29 is 19.4 Å². The van der Waals surface area contributed by atoms with Crippen LogP contribution in [0.3, 0.4) is 0 Å². The van der Waals surface area contributed by atoms with Crippen LogP contribution in [0.1, 0.15) is 29.3 Å². The van der Waals surface area contributed by atoms with Crippen molar-refractivity contribution in [2.45, 2.75) is 19.8 Å². The second kappa shape index (κ2) is 6.70. The molecule has 0 spiro atoms. The van der Waals surface area contributed by atoms with Crippen LogP contribution >= 0.6 is 0 Å². The van der Waals surface area contributed by atoms with Crippen molar-refractivity contribution in [3.05, 3.63) is 59.7 Å². The fourth-order valence-electron chi connectivity index (χ4n) is 1.85. The lowest BCUT2D eigenvalue weighted by atomic mass is 10.1. The molecule has 0 bridgehead atoms. The second-order valence-corrected chi connectivity index (χ2v) is 4.75. The van der Waals surface area contributed by atoms with Crippen LogP contribution in [0.2, 0.25) is 0 Å². The molecule has 0 fully saturated rings. The first-order chi connectivity index (χ1) is 10.1. The Bertz CT molecular complexity index is 644. The number of aromatic hydroxyl groups is 1. The number of aryl methyl sites for hydroxylation is 1. The molecule has 0 radical (unpaired) electrons. The average Bonchev–Trinajstić information content (AvgIpc) is 2.47. The highest BCUT2D eigenvalue weighted by atomic mass is 16.5. The zero-order valence-electron chi connectivity index (χ0n) is 11.7. The van der Waals surface area contributed by atoms with Crippen molar-refractivity contribution in [3.63, 3.8) is 0 Å². The Hall–Kier alpha value is -2.62. The maximum absolute atomic E-state index is 11.9. The number of ether oxygens (including phenoxy) is 1. The molecule has 0 heterocycles. The lowest BCUT2D eigenvalue weighted by Gasteiger charge is -2.06. The standard InChI is InChI=1S/C17H16O4/c1-12(18)6-7-13-8-10-14(11-9-13)21-17(20)15-4-2-3-5-16(15)19/h2-5,8-11,19H,6-7H2,1H3. The Balaban J connectivity index is 2.02. The lowest BCUT2D eigenvalue weighted by Crippen LogP contribution is -2.08. The number of Topliss-reactive ketones (excluding diaryl/α,β-unsaturated/α-hetero) is 1. The van der Waals surface area contributed by atoms with Crippen LogP contribution in [0.25, 0.3) is 0 Å². The number of phenolic OH excluding ortho intramolecular Hbond substituents is 1. The van der Waals surface area contributed by atoms with Gasteiger partial charge >= 0.3 is 5.97 Å². The van der Waals surface area contributed by atoms with Crippen molar-refractivity contribution in [2.75, 3.05) is 0 Å². The fraction of sp³-hybridized carbons (Fsp3) is 0.176. The molecule has 4 heteroatoms. The zero-order chi connectivity index (χ0) is 15.2. The zero-order valence-corrected chi connectivity index (χ0v) is 11.7. The molecule has 2 rings (SSSR count). The maximum Gasteiger partial charge on any atom is 0.347 e. The largest absolute Gasteiger partial charge is 0.507 e. The van der Waals surface area contributed by atoms with E-state index in [1.165, 1.54) is 12.1 Å². The van der Waals surface area contributed by atoms with Gasteiger partial charge in [0.2, 0.25) is 0 Å². The third-order valence-corrected chi connectivity index (χ3v) is 3.02.